The van der Waals surface area contributed by atoms with Gasteiger partial charge in [0.15, 0.2) is 0 Å². The van der Waals surface area contributed by atoms with E-state index in [4.69, 9.17) is 4.74 Å². The molecule has 1 N–H and O–H groups in total. The zero-order valence-electron chi connectivity index (χ0n) is 25.3. The third kappa shape index (κ3) is 8.48. The lowest BCUT2D eigenvalue weighted by atomic mass is 10.1. The van der Waals surface area contributed by atoms with Gasteiger partial charge in [-0.05, 0) is 74.4 Å². The molecule has 2 amide bonds. The zero-order valence-corrected chi connectivity index (χ0v) is 26.2. The van der Waals surface area contributed by atoms with Crippen LogP contribution in [-0.2, 0) is 26.2 Å². The molecule has 8 nitrogen and oxygen atoms in total. The van der Waals surface area contributed by atoms with E-state index in [1.54, 1.807) is 49.4 Å². The quantitative estimate of drug-likeness (QED) is 0.168. The molecule has 0 saturated carbocycles. The predicted molar refractivity (Wildman–Crippen MR) is 173 cm³/mol. The summed E-state index contributed by atoms with van der Waals surface area (Å²) in [4.78, 5) is 28.7. The van der Waals surface area contributed by atoms with Crippen LogP contribution in [0.1, 0.15) is 37.8 Å². The lowest BCUT2D eigenvalue weighted by Crippen LogP contribution is -2.51. The maximum atomic E-state index is 14.1. The van der Waals surface area contributed by atoms with Crippen molar-refractivity contribution in [3.05, 3.63) is 120 Å². The van der Waals surface area contributed by atoms with E-state index < -0.39 is 28.5 Å². The third-order valence-electron chi connectivity index (χ3n) is 7.15. The van der Waals surface area contributed by atoms with Gasteiger partial charge in [-0.2, -0.15) is 0 Å². The van der Waals surface area contributed by atoms with Gasteiger partial charge in [-0.3, -0.25) is 13.9 Å². The fraction of sp³-hybridized carbons (Fsp3) is 0.257. The molecule has 4 aromatic carbocycles. The Morgan fingerprint density at radius 2 is 1.48 bits per heavy atom. The summed E-state index contributed by atoms with van der Waals surface area (Å²) in [6.07, 6.45) is 1.74. The van der Waals surface area contributed by atoms with Crippen molar-refractivity contribution in [3.63, 3.8) is 0 Å². The molecule has 0 saturated heterocycles. The van der Waals surface area contributed by atoms with Crippen LogP contribution in [-0.4, -0.2) is 44.3 Å². The molecule has 0 radical (unpaired) electrons. The molecule has 230 valence electrons. The number of hydrogen-bond donors (Lipinski definition) is 1. The van der Waals surface area contributed by atoms with Crippen molar-refractivity contribution >= 4 is 27.5 Å². The highest BCUT2D eigenvalue weighted by atomic mass is 32.2. The summed E-state index contributed by atoms with van der Waals surface area (Å²) in [6.45, 7) is 5.79. The number of ether oxygens (including phenoxy) is 1. The van der Waals surface area contributed by atoms with E-state index in [-0.39, 0.29) is 23.0 Å². The molecule has 4 rings (SSSR count). The molecule has 0 aromatic heterocycles. The highest BCUT2D eigenvalue weighted by Gasteiger charge is 2.32. The van der Waals surface area contributed by atoms with Gasteiger partial charge in [0.25, 0.3) is 10.0 Å². The van der Waals surface area contributed by atoms with E-state index in [9.17, 15) is 18.0 Å². The van der Waals surface area contributed by atoms with Crippen molar-refractivity contribution in [1.29, 1.82) is 0 Å². The summed E-state index contributed by atoms with van der Waals surface area (Å²) >= 11 is 0. The number of aryl methyl sites for hydroxylation is 1. The van der Waals surface area contributed by atoms with Gasteiger partial charge in [0, 0.05) is 13.1 Å². The number of para-hydroxylation sites is 1. The minimum Gasteiger partial charge on any atom is -0.457 e. The average molecular weight is 614 g/mol. The molecular formula is C35H39N3O5S. The molecule has 0 aliphatic heterocycles. The van der Waals surface area contributed by atoms with Crippen LogP contribution in [0.3, 0.4) is 0 Å². The summed E-state index contributed by atoms with van der Waals surface area (Å²) in [5.41, 5.74) is 2.14. The van der Waals surface area contributed by atoms with E-state index in [0.29, 0.717) is 18.0 Å². The maximum absolute atomic E-state index is 14.1. The van der Waals surface area contributed by atoms with Crippen molar-refractivity contribution in [2.75, 3.05) is 17.4 Å². The molecule has 1 atom stereocenters. The number of anilines is 1. The van der Waals surface area contributed by atoms with Crippen molar-refractivity contribution in [2.45, 2.75) is 51.1 Å². The van der Waals surface area contributed by atoms with E-state index in [0.717, 1.165) is 28.3 Å². The topological polar surface area (TPSA) is 96.0 Å². The average Bonchev–Trinajstić information content (AvgIpc) is 3.03. The van der Waals surface area contributed by atoms with Crippen LogP contribution < -0.4 is 14.4 Å². The van der Waals surface area contributed by atoms with Gasteiger partial charge in [0.2, 0.25) is 11.8 Å². The number of carbonyl (C=O) groups is 2. The molecule has 44 heavy (non-hydrogen) atoms. The van der Waals surface area contributed by atoms with E-state index in [1.165, 1.54) is 17.0 Å². The van der Waals surface area contributed by atoms with Crippen LogP contribution >= 0.6 is 0 Å². The molecule has 0 fully saturated rings. The van der Waals surface area contributed by atoms with Gasteiger partial charge in [-0.25, -0.2) is 8.42 Å². The molecule has 0 heterocycles. The zero-order chi connectivity index (χ0) is 31.5. The van der Waals surface area contributed by atoms with Crippen LogP contribution in [0.5, 0.6) is 11.5 Å². The Hall–Kier alpha value is -4.63. The smallest absolute Gasteiger partial charge is 0.264 e. The summed E-state index contributed by atoms with van der Waals surface area (Å²) in [6, 6.07) is 30.6. The van der Waals surface area contributed by atoms with Crippen LogP contribution in [0, 0.1) is 6.92 Å². The van der Waals surface area contributed by atoms with Crippen molar-refractivity contribution in [3.8, 4) is 11.5 Å². The number of amides is 2. The normalized spacial score (nSPS) is 11.8. The van der Waals surface area contributed by atoms with E-state index in [2.05, 4.69) is 5.32 Å². The monoisotopic (exact) mass is 613 g/mol. The van der Waals surface area contributed by atoms with E-state index in [1.807, 2.05) is 68.4 Å². The SMILES string of the molecule is CCCCNC(=O)[C@H](C)N(Cc1cccc(C)c1)C(=O)CN(c1ccc(Oc2ccccc2)cc1)S(=O)(=O)c1ccccc1. The molecule has 4 aromatic rings. The lowest BCUT2D eigenvalue weighted by Gasteiger charge is -2.32. The standard InChI is InChI=1S/C35H39N3O5S/c1-4-5-23-36-35(40)28(3)37(25-29-14-12-13-27(2)24-29)34(39)26-38(44(41,42)33-17-10-7-11-18-33)30-19-21-32(22-20-30)43-31-15-8-6-9-16-31/h6-22,24,28H,4-5,23,25-26H2,1-3H3,(H,36,40)/t28-/m0/s1. The van der Waals surface area contributed by atoms with Crippen LogP contribution in [0.2, 0.25) is 0 Å². The number of nitrogens with one attached hydrogen (secondary N) is 1. The Morgan fingerprint density at radius 1 is 0.841 bits per heavy atom. The molecule has 0 aliphatic carbocycles. The fourth-order valence-corrected chi connectivity index (χ4v) is 6.11. The Kier molecular flexibility index (Phi) is 11.2. The number of sulfonamides is 1. The number of carbonyl (C=O) groups excluding carboxylic acids is 2. The van der Waals surface area contributed by atoms with Crippen molar-refractivity contribution < 1.29 is 22.7 Å². The van der Waals surface area contributed by atoms with Gasteiger partial charge in [-0.1, -0.05) is 79.6 Å². The molecule has 0 aliphatic rings. The number of benzene rings is 4. The number of unbranched alkanes of at least 4 members (excludes halogenated alkanes) is 1. The first-order valence-corrected chi connectivity index (χ1v) is 16.2. The Labute approximate surface area is 260 Å². The third-order valence-corrected chi connectivity index (χ3v) is 8.93. The molecule has 0 bridgehead atoms. The second kappa shape index (κ2) is 15.2. The largest absolute Gasteiger partial charge is 0.457 e. The molecule has 9 heteroatoms. The highest BCUT2D eigenvalue weighted by molar-refractivity contribution is 7.92. The number of nitrogens with zero attached hydrogens (tertiary/aromatic N) is 2. The second-order valence-electron chi connectivity index (χ2n) is 10.6. The first kappa shape index (κ1) is 32.3. The Balaban J connectivity index is 1.67. The summed E-state index contributed by atoms with van der Waals surface area (Å²) in [5.74, 6) is 0.358. The fourth-order valence-electron chi connectivity index (χ4n) is 4.68. The first-order chi connectivity index (χ1) is 21.2. The van der Waals surface area contributed by atoms with Crippen LogP contribution in [0.15, 0.2) is 114 Å². The lowest BCUT2D eigenvalue weighted by molar-refractivity contribution is -0.139. The summed E-state index contributed by atoms with van der Waals surface area (Å²) in [5, 5.41) is 2.90. The van der Waals surface area contributed by atoms with Crippen molar-refractivity contribution in [1.82, 2.24) is 10.2 Å². The van der Waals surface area contributed by atoms with Crippen LogP contribution in [0.4, 0.5) is 5.69 Å². The highest BCUT2D eigenvalue weighted by Crippen LogP contribution is 2.28. The first-order valence-electron chi connectivity index (χ1n) is 14.7. The molecular weight excluding hydrogens is 574 g/mol. The van der Waals surface area contributed by atoms with Gasteiger partial charge in [0.1, 0.15) is 24.1 Å². The number of rotatable bonds is 14. The molecule has 0 spiro atoms. The predicted octanol–water partition coefficient (Wildman–Crippen LogP) is 6.32. The minimum atomic E-state index is -4.15. The second-order valence-corrected chi connectivity index (χ2v) is 12.4. The molecule has 0 unspecified atom stereocenters. The Morgan fingerprint density at radius 3 is 2.11 bits per heavy atom. The van der Waals surface area contributed by atoms with Gasteiger partial charge in [-0.15, -0.1) is 0 Å². The van der Waals surface area contributed by atoms with Gasteiger partial charge < -0.3 is 15.0 Å². The van der Waals surface area contributed by atoms with E-state index >= 15 is 0 Å². The minimum absolute atomic E-state index is 0.0491. The van der Waals surface area contributed by atoms with Crippen molar-refractivity contribution in [2.24, 2.45) is 0 Å². The maximum Gasteiger partial charge on any atom is 0.264 e. The van der Waals surface area contributed by atoms with Gasteiger partial charge in [0.05, 0.1) is 10.6 Å². The number of hydrogen-bond acceptors (Lipinski definition) is 5. The van der Waals surface area contributed by atoms with Crippen LogP contribution in [0.25, 0.3) is 0 Å². The summed E-state index contributed by atoms with van der Waals surface area (Å²) in [7, 11) is -4.15. The Bertz CT molecular complexity index is 1630. The summed E-state index contributed by atoms with van der Waals surface area (Å²) < 4.78 is 35.0. The van der Waals surface area contributed by atoms with Gasteiger partial charge >= 0.3 is 0 Å².